The molecule has 2 rings (SSSR count). The van der Waals surface area contributed by atoms with Crippen LogP contribution in [0.25, 0.3) is 0 Å². The van der Waals surface area contributed by atoms with E-state index in [9.17, 15) is 29.1 Å². The highest BCUT2D eigenvalue weighted by Crippen LogP contribution is 2.25. The van der Waals surface area contributed by atoms with E-state index in [-0.39, 0.29) is 48.9 Å². The molecule has 46 heavy (non-hydrogen) atoms. The zero-order chi connectivity index (χ0) is 34.6. The standard InChI is InChI=1S/C35H54ClN3O7/c1-8-23(6)31(38-36)30(41)19-26(40)18-27(22(4)5)32(42)24(7)33(43)37-28(17-21(2)3)34(44)39-16-12-15-29(39)35(45)46-20-25-13-10-9-11-14-25/h9-11,13-14,21-24,27-31,38,41H,8,12,15-20H2,1-7H3,(H,37,43)/t23-,24+,27-,28-,29-,30-,31+/m0/s1. The Bertz CT molecular complexity index is 1160. The van der Waals surface area contributed by atoms with Crippen molar-refractivity contribution in [3.63, 3.8) is 0 Å². The van der Waals surface area contributed by atoms with Crippen molar-refractivity contribution >= 4 is 41.1 Å². The molecule has 3 N–H and O–H groups in total. The third-order valence-electron chi connectivity index (χ3n) is 9.03. The second-order valence-corrected chi connectivity index (χ2v) is 13.7. The molecule has 1 aromatic carbocycles. The number of rotatable bonds is 19. The molecule has 0 saturated carbocycles. The molecule has 0 spiro atoms. The molecule has 1 aromatic rings. The minimum Gasteiger partial charge on any atom is -0.459 e. The van der Waals surface area contributed by atoms with Gasteiger partial charge < -0.3 is 20.1 Å². The number of aliphatic hydroxyl groups excluding tert-OH is 1. The summed E-state index contributed by atoms with van der Waals surface area (Å²) in [6.07, 6.45) is 0.879. The van der Waals surface area contributed by atoms with E-state index in [1.807, 2.05) is 71.9 Å². The second-order valence-electron chi connectivity index (χ2n) is 13.5. The monoisotopic (exact) mass is 663 g/mol. The van der Waals surface area contributed by atoms with Gasteiger partial charge >= 0.3 is 5.97 Å². The smallest absolute Gasteiger partial charge is 0.329 e. The predicted molar refractivity (Wildman–Crippen MR) is 177 cm³/mol. The third kappa shape index (κ3) is 11.5. The van der Waals surface area contributed by atoms with Crippen molar-refractivity contribution < 1.29 is 33.8 Å². The minimum atomic E-state index is -1.12. The van der Waals surface area contributed by atoms with Gasteiger partial charge in [0, 0.05) is 25.3 Å². The zero-order valence-corrected chi connectivity index (χ0v) is 29.2. The van der Waals surface area contributed by atoms with Crippen LogP contribution in [0.1, 0.15) is 92.6 Å². The molecule has 7 atom stereocenters. The van der Waals surface area contributed by atoms with Gasteiger partial charge in [-0.1, -0.05) is 78.3 Å². The minimum absolute atomic E-state index is 0.0313. The van der Waals surface area contributed by atoms with Crippen molar-refractivity contribution in [1.29, 1.82) is 0 Å². The molecule has 10 nitrogen and oxygen atoms in total. The van der Waals surface area contributed by atoms with Crippen molar-refractivity contribution in [3.05, 3.63) is 35.9 Å². The molecule has 2 amide bonds. The van der Waals surface area contributed by atoms with Crippen LogP contribution in [-0.4, -0.2) is 70.1 Å². The lowest BCUT2D eigenvalue weighted by atomic mass is 9.80. The van der Waals surface area contributed by atoms with Crippen LogP contribution in [0.15, 0.2) is 30.3 Å². The highest BCUT2D eigenvalue weighted by molar-refractivity contribution is 6.13. The maximum absolute atomic E-state index is 13.8. The number of Topliss-reactive ketones (excluding diaryl/α,β-unsaturated/α-hetero) is 2. The summed E-state index contributed by atoms with van der Waals surface area (Å²) in [5.74, 6) is -4.18. The van der Waals surface area contributed by atoms with Crippen LogP contribution in [0.3, 0.4) is 0 Å². The van der Waals surface area contributed by atoms with Crippen LogP contribution in [0, 0.1) is 29.6 Å². The predicted octanol–water partition coefficient (Wildman–Crippen LogP) is 4.60. The number of likely N-dealkylation sites (tertiary alicyclic amines) is 1. The second kappa shape index (κ2) is 19.1. The van der Waals surface area contributed by atoms with Gasteiger partial charge in [0.15, 0.2) is 0 Å². The van der Waals surface area contributed by atoms with Gasteiger partial charge in [-0.15, -0.1) is 0 Å². The lowest BCUT2D eigenvalue weighted by Crippen LogP contribution is -2.54. The number of hydrogen-bond donors (Lipinski definition) is 3. The molecule has 1 aliphatic heterocycles. The van der Waals surface area contributed by atoms with Crippen molar-refractivity contribution in [1.82, 2.24) is 15.1 Å². The SMILES string of the molecule is CC[C@H](C)[C@@H](NCl)[C@@H](O)CC(=O)C[C@H](C(=O)[C@@H](C)C(=O)N[C@@H](CC(C)C)C(=O)N1CCC[C@H]1C(=O)OCc1ccccc1)C(C)C. The van der Waals surface area contributed by atoms with E-state index in [0.29, 0.717) is 25.8 Å². The molecular formula is C35H54ClN3O7. The van der Waals surface area contributed by atoms with Crippen LogP contribution in [0.5, 0.6) is 0 Å². The number of ether oxygens (including phenoxy) is 1. The van der Waals surface area contributed by atoms with Crippen LogP contribution in [0.2, 0.25) is 0 Å². The first-order valence-corrected chi connectivity index (χ1v) is 17.0. The van der Waals surface area contributed by atoms with E-state index in [2.05, 4.69) is 10.2 Å². The largest absolute Gasteiger partial charge is 0.459 e. The lowest BCUT2D eigenvalue weighted by molar-refractivity contribution is -0.155. The van der Waals surface area contributed by atoms with Gasteiger partial charge in [0.1, 0.15) is 30.3 Å². The normalized spacial score (nSPS) is 18.8. The van der Waals surface area contributed by atoms with Gasteiger partial charge in [0.2, 0.25) is 11.8 Å². The number of amides is 2. The number of carbonyl (C=O) groups excluding carboxylic acids is 5. The zero-order valence-electron chi connectivity index (χ0n) is 28.5. The average Bonchev–Trinajstić information content (AvgIpc) is 3.51. The van der Waals surface area contributed by atoms with Crippen LogP contribution in [-0.2, 0) is 35.3 Å². The molecule has 0 aromatic heterocycles. The Morgan fingerprint density at radius 1 is 1.02 bits per heavy atom. The quantitative estimate of drug-likeness (QED) is 0.111. The number of benzene rings is 1. The fourth-order valence-corrected chi connectivity index (χ4v) is 6.27. The maximum atomic E-state index is 13.8. The summed E-state index contributed by atoms with van der Waals surface area (Å²) in [7, 11) is 0. The molecule has 258 valence electrons. The van der Waals surface area contributed by atoms with Gasteiger partial charge in [-0.25, -0.2) is 9.63 Å². The summed E-state index contributed by atoms with van der Waals surface area (Å²) in [5.41, 5.74) is 0.843. The van der Waals surface area contributed by atoms with Crippen molar-refractivity contribution in [2.75, 3.05) is 6.54 Å². The number of halogens is 1. The Morgan fingerprint density at radius 2 is 1.67 bits per heavy atom. The van der Waals surface area contributed by atoms with Crippen LogP contribution in [0.4, 0.5) is 0 Å². The van der Waals surface area contributed by atoms with Crippen molar-refractivity contribution in [2.24, 2.45) is 29.6 Å². The molecule has 0 aliphatic carbocycles. The van der Waals surface area contributed by atoms with E-state index in [1.165, 1.54) is 11.8 Å². The van der Waals surface area contributed by atoms with E-state index >= 15 is 0 Å². The number of ketones is 2. The molecule has 1 fully saturated rings. The van der Waals surface area contributed by atoms with Gasteiger partial charge in [0.25, 0.3) is 0 Å². The van der Waals surface area contributed by atoms with Gasteiger partial charge in [-0.2, -0.15) is 0 Å². The highest BCUT2D eigenvalue weighted by Gasteiger charge is 2.40. The van der Waals surface area contributed by atoms with E-state index in [1.54, 1.807) is 0 Å². The first-order chi connectivity index (χ1) is 21.7. The molecule has 1 aliphatic rings. The van der Waals surface area contributed by atoms with Gasteiger partial charge in [0.05, 0.1) is 18.1 Å². The topological polar surface area (TPSA) is 142 Å². The third-order valence-corrected chi connectivity index (χ3v) is 9.28. The van der Waals surface area contributed by atoms with Crippen molar-refractivity contribution in [2.45, 2.75) is 118 Å². The Kier molecular flexibility index (Phi) is 16.4. The summed E-state index contributed by atoms with van der Waals surface area (Å²) in [6.45, 7) is 13.3. The first-order valence-electron chi connectivity index (χ1n) is 16.6. The van der Waals surface area contributed by atoms with E-state index in [4.69, 9.17) is 16.5 Å². The Labute approximate surface area is 279 Å². The molecular weight excluding hydrogens is 610 g/mol. The number of esters is 1. The molecule has 0 unspecified atom stereocenters. The average molecular weight is 664 g/mol. The molecule has 11 heteroatoms. The summed E-state index contributed by atoms with van der Waals surface area (Å²) >= 11 is 5.83. The van der Waals surface area contributed by atoms with Crippen molar-refractivity contribution in [3.8, 4) is 0 Å². The Balaban J connectivity index is 2.09. The lowest BCUT2D eigenvalue weighted by Gasteiger charge is -2.30. The fourth-order valence-electron chi connectivity index (χ4n) is 5.91. The summed E-state index contributed by atoms with van der Waals surface area (Å²) in [4.78, 5) is 70.8. The Hall–Kier alpha value is -2.82. The number of nitrogens with zero attached hydrogens (tertiary/aromatic N) is 1. The first kappa shape index (κ1) is 39.4. The number of aliphatic hydroxyl groups is 1. The van der Waals surface area contributed by atoms with Crippen LogP contribution >= 0.6 is 11.8 Å². The van der Waals surface area contributed by atoms with Crippen LogP contribution < -0.4 is 10.2 Å². The Morgan fingerprint density at radius 3 is 2.24 bits per heavy atom. The number of carbonyl (C=O) groups is 5. The van der Waals surface area contributed by atoms with Gasteiger partial charge in [-0.3, -0.25) is 19.2 Å². The maximum Gasteiger partial charge on any atom is 0.329 e. The number of hydrogen-bond acceptors (Lipinski definition) is 8. The molecule has 1 heterocycles. The summed E-state index contributed by atoms with van der Waals surface area (Å²) < 4.78 is 5.53. The fraction of sp³-hybridized carbons (Fsp3) is 0.686. The molecule has 0 radical (unpaired) electrons. The molecule has 1 saturated heterocycles. The molecule has 0 bridgehead atoms. The highest BCUT2D eigenvalue weighted by atomic mass is 35.5. The summed E-state index contributed by atoms with van der Waals surface area (Å²) in [5, 5.41) is 13.4. The number of nitrogens with one attached hydrogen (secondary N) is 2. The van der Waals surface area contributed by atoms with Gasteiger partial charge in [-0.05, 0) is 61.3 Å². The summed E-state index contributed by atoms with van der Waals surface area (Å²) in [6, 6.07) is 7.14. The van der Waals surface area contributed by atoms with E-state index < -0.39 is 53.7 Å². The van der Waals surface area contributed by atoms with E-state index in [0.717, 1.165) is 12.0 Å².